The summed E-state index contributed by atoms with van der Waals surface area (Å²) in [5.74, 6) is 0. The molecule has 2 heterocycles. The van der Waals surface area contributed by atoms with E-state index in [0.717, 1.165) is 39.2 Å². The molecule has 0 radical (unpaired) electrons. The van der Waals surface area contributed by atoms with Gasteiger partial charge in [0.2, 0.25) is 0 Å². The fourth-order valence-corrected chi connectivity index (χ4v) is 3.31. The Morgan fingerprint density at radius 1 is 1.39 bits per heavy atom. The van der Waals surface area contributed by atoms with Crippen molar-refractivity contribution in [1.82, 2.24) is 9.80 Å². The number of hydrogen-bond acceptors (Lipinski definition) is 4. The van der Waals surface area contributed by atoms with Crippen LogP contribution in [0.4, 0.5) is 0 Å². The average molecular weight is 255 g/mol. The van der Waals surface area contributed by atoms with Crippen molar-refractivity contribution < 1.29 is 4.74 Å². The van der Waals surface area contributed by atoms with Crippen molar-refractivity contribution in [3.8, 4) is 0 Å². The minimum absolute atomic E-state index is 0.187. The maximum Gasteiger partial charge on any atom is 0.0674 e. The monoisotopic (exact) mass is 255 g/mol. The van der Waals surface area contributed by atoms with Crippen LogP contribution in [0.15, 0.2) is 0 Å². The number of hydrogen-bond donors (Lipinski definition) is 1. The van der Waals surface area contributed by atoms with Crippen LogP contribution in [0.25, 0.3) is 0 Å². The van der Waals surface area contributed by atoms with Crippen molar-refractivity contribution in [2.45, 2.75) is 51.3 Å². The Labute approximate surface area is 111 Å². The first kappa shape index (κ1) is 14.3. The lowest BCUT2D eigenvalue weighted by molar-refractivity contribution is 0.0388. The molecule has 0 bridgehead atoms. The molecular weight excluding hydrogens is 226 g/mol. The van der Waals surface area contributed by atoms with Gasteiger partial charge in [-0.05, 0) is 33.6 Å². The molecule has 2 rings (SSSR count). The third kappa shape index (κ3) is 2.87. The Morgan fingerprint density at radius 2 is 2.17 bits per heavy atom. The molecule has 0 saturated carbocycles. The Balaban J connectivity index is 2.07. The number of ether oxygens (including phenoxy) is 1. The van der Waals surface area contributed by atoms with E-state index in [9.17, 15) is 0 Å². The van der Waals surface area contributed by atoms with Gasteiger partial charge in [-0.3, -0.25) is 9.80 Å². The first-order valence-electron chi connectivity index (χ1n) is 7.38. The summed E-state index contributed by atoms with van der Waals surface area (Å²) in [6.07, 6.45) is 2.67. The van der Waals surface area contributed by atoms with Crippen molar-refractivity contribution in [2.24, 2.45) is 5.73 Å². The molecule has 2 fully saturated rings. The normalized spacial score (nSPS) is 36.2. The highest BCUT2D eigenvalue weighted by molar-refractivity contribution is 5.01. The van der Waals surface area contributed by atoms with Crippen molar-refractivity contribution in [3.05, 3.63) is 0 Å². The molecule has 4 nitrogen and oxygen atoms in total. The summed E-state index contributed by atoms with van der Waals surface area (Å²) in [6.45, 7) is 12.9. The number of nitrogens with two attached hydrogens (primary N) is 1. The summed E-state index contributed by atoms with van der Waals surface area (Å²) in [4.78, 5) is 5.16. The van der Waals surface area contributed by atoms with E-state index < -0.39 is 0 Å². The van der Waals surface area contributed by atoms with E-state index in [1.165, 1.54) is 13.0 Å². The van der Waals surface area contributed by atoms with Crippen molar-refractivity contribution in [1.29, 1.82) is 0 Å². The molecule has 0 aliphatic carbocycles. The molecule has 0 aromatic carbocycles. The molecule has 0 aromatic heterocycles. The van der Waals surface area contributed by atoms with Crippen LogP contribution in [0.2, 0.25) is 0 Å². The van der Waals surface area contributed by atoms with Gasteiger partial charge in [0.15, 0.2) is 0 Å². The van der Waals surface area contributed by atoms with Crippen molar-refractivity contribution >= 4 is 0 Å². The molecule has 2 atom stereocenters. The van der Waals surface area contributed by atoms with Gasteiger partial charge in [0.1, 0.15) is 0 Å². The fraction of sp³-hybridized carbons (Fsp3) is 1.00. The van der Waals surface area contributed by atoms with Crippen molar-refractivity contribution in [3.63, 3.8) is 0 Å². The molecule has 2 N–H and O–H groups in total. The Hall–Kier alpha value is -0.160. The molecule has 18 heavy (non-hydrogen) atoms. The number of nitrogens with zero attached hydrogens (tertiary/aromatic N) is 2. The SMILES string of the molecule is CC1CN(C2(CN)CCN(C(C)C)C2)CCCO1. The van der Waals surface area contributed by atoms with Gasteiger partial charge >= 0.3 is 0 Å². The maximum atomic E-state index is 6.15. The first-order valence-corrected chi connectivity index (χ1v) is 7.38. The molecule has 0 aromatic rings. The van der Waals surface area contributed by atoms with Gasteiger partial charge in [-0.2, -0.15) is 0 Å². The van der Waals surface area contributed by atoms with Gasteiger partial charge in [0.25, 0.3) is 0 Å². The van der Waals surface area contributed by atoms with Crippen LogP contribution in [0.1, 0.15) is 33.6 Å². The molecule has 4 heteroatoms. The first-order chi connectivity index (χ1) is 8.57. The molecular formula is C14H29N3O. The molecule has 0 spiro atoms. The quantitative estimate of drug-likeness (QED) is 0.814. The molecule has 2 saturated heterocycles. The largest absolute Gasteiger partial charge is 0.377 e. The standard InChI is InChI=1S/C14H29N3O/c1-12(2)16-7-5-14(10-15,11-16)17-6-4-8-18-13(3)9-17/h12-13H,4-11,15H2,1-3H3. The highest BCUT2D eigenvalue weighted by Gasteiger charge is 2.43. The van der Waals surface area contributed by atoms with E-state index in [1.54, 1.807) is 0 Å². The van der Waals surface area contributed by atoms with Gasteiger partial charge in [-0.1, -0.05) is 0 Å². The van der Waals surface area contributed by atoms with Gasteiger partial charge in [0.05, 0.1) is 6.10 Å². The summed E-state index contributed by atoms with van der Waals surface area (Å²) < 4.78 is 5.76. The summed E-state index contributed by atoms with van der Waals surface area (Å²) in [5, 5.41) is 0. The van der Waals surface area contributed by atoms with Crippen LogP contribution in [0, 0.1) is 0 Å². The summed E-state index contributed by atoms with van der Waals surface area (Å²) in [5.41, 5.74) is 6.34. The Kier molecular flexibility index (Phi) is 4.64. The second-order valence-electron chi connectivity index (χ2n) is 6.22. The topological polar surface area (TPSA) is 41.7 Å². The zero-order chi connectivity index (χ0) is 13.2. The van der Waals surface area contributed by atoms with Crippen LogP contribution < -0.4 is 5.73 Å². The minimum Gasteiger partial charge on any atom is -0.377 e. The predicted molar refractivity (Wildman–Crippen MR) is 74.7 cm³/mol. The lowest BCUT2D eigenvalue weighted by Crippen LogP contribution is -2.57. The molecule has 106 valence electrons. The summed E-state index contributed by atoms with van der Waals surface area (Å²) in [6, 6.07) is 0.624. The Bertz CT molecular complexity index is 272. The molecule has 0 amide bonds. The minimum atomic E-state index is 0.187. The second-order valence-corrected chi connectivity index (χ2v) is 6.22. The van der Waals surface area contributed by atoms with E-state index in [1.807, 2.05) is 0 Å². The van der Waals surface area contributed by atoms with E-state index in [4.69, 9.17) is 10.5 Å². The smallest absolute Gasteiger partial charge is 0.0674 e. The van der Waals surface area contributed by atoms with Gasteiger partial charge < -0.3 is 10.5 Å². The zero-order valence-corrected chi connectivity index (χ0v) is 12.2. The Morgan fingerprint density at radius 3 is 2.78 bits per heavy atom. The second kappa shape index (κ2) is 5.87. The van der Waals surface area contributed by atoms with Gasteiger partial charge in [-0.15, -0.1) is 0 Å². The van der Waals surface area contributed by atoms with Crippen LogP contribution in [0.5, 0.6) is 0 Å². The lowest BCUT2D eigenvalue weighted by atomic mass is 9.95. The average Bonchev–Trinajstić information content (AvgIpc) is 2.68. The van der Waals surface area contributed by atoms with E-state index in [-0.39, 0.29) is 5.54 Å². The highest BCUT2D eigenvalue weighted by atomic mass is 16.5. The van der Waals surface area contributed by atoms with Crippen LogP contribution >= 0.6 is 0 Å². The van der Waals surface area contributed by atoms with Crippen molar-refractivity contribution in [2.75, 3.05) is 39.3 Å². The molecule has 2 aliphatic heterocycles. The fourth-order valence-electron chi connectivity index (χ4n) is 3.31. The van der Waals surface area contributed by atoms with Crippen LogP contribution in [0.3, 0.4) is 0 Å². The van der Waals surface area contributed by atoms with Crippen LogP contribution in [-0.4, -0.2) is 66.8 Å². The summed E-state index contributed by atoms with van der Waals surface area (Å²) in [7, 11) is 0. The maximum absolute atomic E-state index is 6.15. The van der Waals surface area contributed by atoms with Gasteiger partial charge in [0, 0.05) is 50.9 Å². The zero-order valence-electron chi connectivity index (χ0n) is 12.2. The van der Waals surface area contributed by atoms with E-state index in [0.29, 0.717) is 12.1 Å². The van der Waals surface area contributed by atoms with E-state index >= 15 is 0 Å². The van der Waals surface area contributed by atoms with Gasteiger partial charge in [-0.25, -0.2) is 0 Å². The van der Waals surface area contributed by atoms with Crippen LogP contribution in [-0.2, 0) is 4.74 Å². The predicted octanol–water partition coefficient (Wildman–Crippen LogP) is 0.909. The third-order valence-electron chi connectivity index (χ3n) is 4.60. The lowest BCUT2D eigenvalue weighted by Gasteiger charge is -2.41. The van der Waals surface area contributed by atoms with E-state index in [2.05, 4.69) is 30.6 Å². The number of likely N-dealkylation sites (tertiary alicyclic amines) is 1. The molecule has 2 unspecified atom stereocenters. The molecule has 2 aliphatic rings. The highest BCUT2D eigenvalue weighted by Crippen LogP contribution is 2.30. The third-order valence-corrected chi connectivity index (χ3v) is 4.60. The number of rotatable bonds is 3. The summed E-state index contributed by atoms with van der Waals surface area (Å²) >= 11 is 0.